The SMILES string of the molecule is CC(=O)C1CCCN1c1ccccc1. The Labute approximate surface area is 84.5 Å². The number of benzene rings is 1. The van der Waals surface area contributed by atoms with Crippen LogP contribution in [0, 0.1) is 0 Å². The van der Waals surface area contributed by atoms with E-state index in [9.17, 15) is 4.79 Å². The van der Waals surface area contributed by atoms with Gasteiger partial charge in [-0.1, -0.05) is 18.2 Å². The maximum Gasteiger partial charge on any atom is 0.152 e. The maximum atomic E-state index is 11.4. The van der Waals surface area contributed by atoms with Crippen molar-refractivity contribution < 1.29 is 4.79 Å². The van der Waals surface area contributed by atoms with E-state index >= 15 is 0 Å². The molecule has 1 aliphatic heterocycles. The van der Waals surface area contributed by atoms with Crippen molar-refractivity contribution in [3.05, 3.63) is 30.3 Å². The van der Waals surface area contributed by atoms with Crippen LogP contribution in [0.25, 0.3) is 0 Å². The van der Waals surface area contributed by atoms with Crippen LogP contribution in [-0.2, 0) is 4.79 Å². The van der Waals surface area contributed by atoms with Crippen molar-refractivity contribution in [2.75, 3.05) is 11.4 Å². The topological polar surface area (TPSA) is 20.3 Å². The number of nitrogens with zero attached hydrogens (tertiary/aromatic N) is 1. The van der Waals surface area contributed by atoms with Gasteiger partial charge in [0.25, 0.3) is 0 Å². The minimum atomic E-state index is 0.109. The van der Waals surface area contributed by atoms with Crippen molar-refractivity contribution in [2.45, 2.75) is 25.8 Å². The Bertz CT molecular complexity index is 320. The van der Waals surface area contributed by atoms with Crippen LogP contribution in [0.2, 0.25) is 0 Å². The first-order chi connectivity index (χ1) is 6.79. The maximum absolute atomic E-state index is 11.4. The van der Waals surface area contributed by atoms with Crippen LogP contribution in [0.5, 0.6) is 0 Å². The molecule has 1 fully saturated rings. The van der Waals surface area contributed by atoms with Crippen molar-refractivity contribution in [2.24, 2.45) is 0 Å². The third kappa shape index (κ3) is 1.65. The van der Waals surface area contributed by atoms with E-state index in [1.54, 1.807) is 6.92 Å². The second-order valence-corrected chi connectivity index (χ2v) is 3.80. The Morgan fingerprint density at radius 2 is 2.07 bits per heavy atom. The van der Waals surface area contributed by atoms with Gasteiger partial charge < -0.3 is 4.90 Å². The molecule has 0 spiro atoms. The van der Waals surface area contributed by atoms with Crippen molar-refractivity contribution in [1.29, 1.82) is 0 Å². The van der Waals surface area contributed by atoms with Crippen LogP contribution in [-0.4, -0.2) is 18.4 Å². The minimum Gasteiger partial charge on any atom is -0.361 e. The van der Waals surface area contributed by atoms with E-state index in [2.05, 4.69) is 17.0 Å². The van der Waals surface area contributed by atoms with Gasteiger partial charge in [-0.3, -0.25) is 4.79 Å². The van der Waals surface area contributed by atoms with Gasteiger partial charge in [0.2, 0.25) is 0 Å². The molecule has 0 aliphatic carbocycles. The van der Waals surface area contributed by atoms with E-state index in [0.717, 1.165) is 19.4 Å². The Kier molecular flexibility index (Phi) is 2.53. The summed E-state index contributed by atoms with van der Waals surface area (Å²) in [6.45, 7) is 2.69. The Balaban J connectivity index is 2.22. The molecule has 2 nitrogen and oxygen atoms in total. The van der Waals surface area contributed by atoms with E-state index in [4.69, 9.17) is 0 Å². The van der Waals surface area contributed by atoms with Gasteiger partial charge in [0, 0.05) is 12.2 Å². The van der Waals surface area contributed by atoms with Crippen LogP contribution >= 0.6 is 0 Å². The van der Waals surface area contributed by atoms with Gasteiger partial charge in [0.1, 0.15) is 0 Å². The van der Waals surface area contributed by atoms with Gasteiger partial charge in [-0.15, -0.1) is 0 Å². The smallest absolute Gasteiger partial charge is 0.152 e. The summed E-state index contributed by atoms with van der Waals surface area (Å²) in [4.78, 5) is 13.6. The van der Waals surface area contributed by atoms with Gasteiger partial charge >= 0.3 is 0 Å². The zero-order valence-corrected chi connectivity index (χ0v) is 8.44. The van der Waals surface area contributed by atoms with Crippen LogP contribution in [0.15, 0.2) is 30.3 Å². The quantitative estimate of drug-likeness (QED) is 0.711. The third-order valence-electron chi connectivity index (χ3n) is 2.81. The van der Waals surface area contributed by atoms with Gasteiger partial charge in [0.05, 0.1) is 6.04 Å². The summed E-state index contributed by atoms with van der Waals surface area (Å²) in [6, 6.07) is 10.3. The summed E-state index contributed by atoms with van der Waals surface area (Å²) in [6.07, 6.45) is 2.13. The predicted octanol–water partition coefficient (Wildman–Crippen LogP) is 2.24. The molecular weight excluding hydrogens is 174 g/mol. The summed E-state index contributed by atoms with van der Waals surface area (Å²) < 4.78 is 0. The number of para-hydroxylation sites is 1. The molecule has 0 radical (unpaired) electrons. The zero-order chi connectivity index (χ0) is 9.97. The van der Waals surface area contributed by atoms with Gasteiger partial charge in [0.15, 0.2) is 5.78 Å². The highest BCUT2D eigenvalue weighted by atomic mass is 16.1. The number of rotatable bonds is 2. The first-order valence-corrected chi connectivity index (χ1v) is 5.11. The summed E-state index contributed by atoms with van der Waals surface area (Å²) in [5, 5.41) is 0. The minimum absolute atomic E-state index is 0.109. The zero-order valence-electron chi connectivity index (χ0n) is 8.44. The highest BCUT2D eigenvalue weighted by Gasteiger charge is 2.27. The van der Waals surface area contributed by atoms with Crippen molar-refractivity contribution >= 4 is 11.5 Å². The molecule has 14 heavy (non-hydrogen) atoms. The predicted molar refractivity (Wildman–Crippen MR) is 57.5 cm³/mol. The largest absolute Gasteiger partial charge is 0.361 e. The number of ketones is 1. The average molecular weight is 189 g/mol. The van der Waals surface area contributed by atoms with Crippen LogP contribution in [0.3, 0.4) is 0 Å². The molecule has 1 heterocycles. The monoisotopic (exact) mass is 189 g/mol. The fourth-order valence-electron chi connectivity index (χ4n) is 2.12. The third-order valence-corrected chi connectivity index (χ3v) is 2.81. The standard InChI is InChI=1S/C12H15NO/c1-10(14)12-8-5-9-13(12)11-6-3-2-4-7-11/h2-4,6-7,12H,5,8-9H2,1H3. The molecule has 1 aliphatic rings. The number of carbonyl (C=O) groups excluding carboxylic acids is 1. The molecule has 1 unspecified atom stereocenters. The lowest BCUT2D eigenvalue weighted by molar-refractivity contribution is -0.118. The summed E-state index contributed by atoms with van der Waals surface area (Å²) in [5.74, 6) is 0.284. The lowest BCUT2D eigenvalue weighted by atomic mass is 10.1. The number of anilines is 1. The molecule has 1 aromatic carbocycles. The molecule has 1 aromatic rings. The summed E-state index contributed by atoms with van der Waals surface area (Å²) in [5.41, 5.74) is 1.17. The Morgan fingerprint density at radius 3 is 2.71 bits per heavy atom. The second-order valence-electron chi connectivity index (χ2n) is 3.80. The molecule has 0 amide bonds. The number of Topliss-reactive ketones (excluding diaryl/α,β-unsaturated/α-hetero) is 1. The Hall–Kier alpha value is -1.31. The Morgan fingerprint density at radius 1 is 1.36 bits per heavy atom. The van der Waals surface area contributed by atoms with E-state index in [0.29, 0.717) is 0 Å². The molecule has 0 aromatic heterocycles. The molecular formula is C12H15NO. The fraction of sp³-hybridized carbons (Fsp3) is 0.417. The highest BCUT2D eigenvalue weighted by Crippen LogP contribution is 2.25. The molecule has 74 valence electrons. The van der Waals surface area contributed by atoms with Crippen molar-refractivity contribution in [3.63, 3.8) is 0 Å². The molecule has 2 heteroatoms. The lowest BCUT2D eigenvalue weighted by Crippen LogP contribution is -2.34. The molecule has 1 saturated heterocycles. The van der Waals surface area contributed by atoms with Crippen molar-refractivity contribution in [3.8, 4) is 0 Å². The van der Waals surface area contributed by atoms with E-state index in [-0.39, 0.29) is 11.8 Å². The summed E-state index contributed by atoms with van der Waals surface area (Å²) in [7, 11) is 0. The number of carbonyl (C=O) groups is 1. The molecule has 0 saturated carbocycles. The number of hydrogen-bond acceptors (Lipinski definition) is 2. The molecule has 1 atom stereocenters. The van der Waals surface area contributed by atoms with Gasteiger partial charge in [-0.25, -0.2) is 0 Å². The normalized spacial score (nSPS) is 21.2. The number of hydrogen-bond donors (Lipinski definition) is 0. The second kappa shape index (κ2) is 3.82. The molecule has 2 rings (SSSR count). The van der Waals surface area contributed by atoms with Crippen LogP contribution < -0.4 is 4.90 Å². The first-order valence-electron chi connectivity index (χ1n) is 5.11. The van der Waals surface area contributed by atoms with Crippen LogP contribution in [0.4, 0.5) is 5.69 Å². The fourth-order valence-corrected chi connectivity index (χ4v) is 2.12. The molecule has 0 bridgehead atoms. The van der Waals surface area contributed by atoms with E-state index in [1.165, 1.54) is 5.69 Å². The van der Waals surface area contributed by atoms with E-state index in [1.807, 2.05) is 18.2 Å². The average Bonchev–Trinajstić information content (AvgIpc) is 2.67. The van der Waals surface area contributed by atoms with E-state index < -0.39 is 0 Å². The van der Waals surface area contributed by atoms with Gasteiger partial charge in [-0.2, -0.15) is 0 Å². The lowest BCUT2D eigenvalue weighted by Gasteiger charge is -2.24. The van der Waals surface area contributed by atoms with Gasteiger partial charge in [-0.05, 0) is 31.9 Å². The first kappa shape index (κ1) is 9.25. The summed E-state index contributed by atoms with van der Waals surface area (Å²) >= 11 is 0. The highest BCUT2D eigenvalue weighted by molar-refractivity contribution is 5.85. The van der Waals surface area contributed by atoms with Crippen molar-refractivity contribution in [1.82, 2.24) is 0 Å². The van der Waals surface area contributed by atoms with Crippen LogP contribution in [0.1, 0.15) is 19.8 Å². The molecule has 0 N–H and O–H groups in total.